The van der Waals surface area contributed by atoms with Gasteiger partial charge in [0.15, 0.2) is 0 Å². The molecule has 0 radical (unpaired) electrons. The quantitative estimate of drug-likeness (QED) is 0.819. The molecule has 4 heteroatoms. The second-order valence-corrected chi connectivity index (χ2v) is 7.13. The number of nitrogens with one attached hydrogen (secondary N) is 1. The minimum Gasteiger partial charge on any atom is -0.489 e. The maximum atomic E-state index is 6.42. The van der Waals surface area contributed by atoms with Gasteiger partial charge in [-0.05, 0) is 54.8 Å². The van der Waals surface area contributed by atoms with E-state index in [2.05, 4.69) is 24.4 Å². The van der Waals surface area contributed by atoms with Crippen molar-refractivity contribution in [3.8, 4) is 16.9 Å². The van der Waals surface area contributed by atoms with Gasteiger partial charge in [-0.2, -0.15) is 0 Å². The third-order valence-corrected chi connectivity index (χ3v) is 5.45. The number of fused-ring (bicyclic) bond motifs is 3. The first-order chi connectivity index (χ1) is 11.2. The van der Waals surface area contributed by atoms with Crippen LogP contribution < -0.4 is 10.1 Å². The van der Waals surface area contributed by atoms with Crippen molar-refractivity contribution in [3.05, 3.63) is 51.5 Å². The fourth-order valence-electron chi connectivity index (χ4n) is 3.71. The zero-order valence-electron chi connectivity index (χ0n) is 13.0. The Labute approximate surface area is 146 Å². The molecular formula is C19H19Cl2NO. The number of hydrogen-bond acceptors (Lipinski definition) is 2. The van der Waals surface area contributed by atoms with Crippen LogP contribution in [0, 0.1) is 0 Å². The van der Waals surface area contributed by atoms with Crippen LogP contribution in [0.3, 0.4) is 0 Å². The summed E-state index contributed by atoms with van der Waals surface area (Å²) in [6, 6.07) is 10.2. The van der Waals surface area contributed by atoms with E-state index in [1.54, 1.807) is 6.07 Å². The summed E-state index contributed by atoms with van der Waals surface area (Å²) < 4.78 is 6.28. The number of aryl methyl sites for hydroxylation is 1. The van der Waals surface area contributed by atoms with Gasteiger partial charge in [0.25, 0.3) is 0 Å². The number of benzene rings is 2. The Kier molecular flexibility index (Phi) is 4.00. The SMILES string of the molecule is CCc1cc(-c2ccc(Cl)cc2Cl)cc2c1OC1CCNCC21. The van der Waals surface area contributed by atoms with Gasteiger partial charge >= 0.3 is 0 Å². The molecule has 1 saturated heterocycles. The molecule has 2 nitrogen and oxygen atoms in total. The highest BCUT2D eigenvalue weighted by Gasteiger charge is 2.37. The number of ether oxygens (including phenoxy) is 1. The predicted octanol–water partition coefficient (Wildman–Crippen LogP) is 5.06. The van der Waals surface area contributed by atoms with Crippen LogP contribution >= 0.6 is 23.2 Å². The van der Waals surface area contributed by atoms with Gasteiger partial charge in [-0.25, -0.2) is 0 Å². The molecule has 2 aliphatic rings. The molecule has 0 saturated carbocycles. The Morgan fingerprint density at radius 3 is 2.87 bits per heavy atom. The summed E-state index contributed by atoms with van der Waals surface area (Å²) in [6.45, 7) is 4.19. The average Bonchev–Trinajstić information content (AvgIpc) is 2.92. The van der Waals surface area contributed by atoms with E-state index in [9.17, 15) is 0 Å². The first-order valence-corrected chi connectivity index (χ1v) is 8.92. The molecule has 23 heavy (non-hydrogen) atoms. The van der Waals surface area contributed by atoms with Crippen LogP contribution in [0.25, 0.3) is 11.1 Å². The fourth-order valence-corrected chi connectivity index (χ4v) is 4.23. The highest BCUT2D eigenvalue weighted by Crippen LogP contribution is 2.45. The van der Waals surface area contributed by atoms with E-state index >= 15 is 0 Å². The second-order valence-electron chi connectivity index (χ2n) is 6.29. The minimum absolute atomic E-state index is 0.312. The third kappa shape index (κ3) is 2.63. The molecule has 0 aromatic heterocycles. The molecule has 2 aromatic carbocycles. The van der Waals surface area contributed by atoms with Crippen LogP contribution in [0.15, 0.2) is 30.3 Å². The maximum absolute atomic E-state index is 6.42. The van der Waals surface area contributed by atoms with E-state index in [1.165, 1.54) is 11.1 Å². The average molecular weight is 348 g/mol. The van der Waals surface area contributed by atoms with E-state index in [-0.39, 0.29) is 0 Å². The summed E-state index contributed by atoms with van der Waals surface area (Å²) in [5.74, 6) is 1.54. The molecule has 2 aliphatic heterocycles. The van der Waals surface area contributed by atoms with Crippen LogP contribution in [0.1, 0.15) is 30.4 Å². The molecule has 1 N–H and O–H groups in total. The summed E-state index contributed by atoms with van der Waals surface area (Å²) in [7, 11) is 0. The van der Waals surface area contributed by atoms with Crippen molar-refractivity contribution in [2.45, 2.75) is 31.8 Å². The van der Waals surface area contributed by atoms with Crippen LogP contribution in [-0.2, 0) is 6.42 Å². The lowest BCUT2D eigenvalue weighted by molar-refractivity contribution is 0.171. The van der Waals surface area contributed by atoms with Crippen LogP contribution in [0.4, 0.5) is 0 Å². The van der Waals surface area contributed by atoms with Gasteiger partial charge in [0.1, 0.15) is 11.9 Å². The lowest BCUT2D eigenvalue weighted by atomic mass is 9.87. The summed E-state index contributed by atoms with van der Waals surface area (Å²) in [4.78, 5) is 0. The summed E-state index contributed by atoms with van der Waals surface area (Å²) in [5, 5.41) is 4.84. The highest BCUT2D eigenvalue weighted by molar-refractivity contribution is 6.36. The minimum atomic E-state index is 0.312. The van der Waals surface area contributed by atoms with Crippen molar-refractivity contribution in [1.82, 2.24) is 5.32 Å². The van der Waals surface area contributed by atoms with Gasteiger partial charge in [0, 0.05) is 33.6 Å². The Bertz CT molecular complexity index is 759. The number of rotatable bonds is 2. The van der Waals surface area contributed by atoms with Gasteiger partial charge in [-0.1, -0.05) is 36.2 Å². The van der Waals surface area contributed by atoms with E-state index in [4.69, 9.17) is 27.9 Å². The zero-order chi connectivity index (χ0) is 16.0. The van der Waals surface area contributed by atoms with Crippen LogP contribution in [0.5, 0.6) is 5.75 Å². The Morgan fingerprint density at radius 1 is 1.22 bits per heavy atom. The molecule has 0 spiro atoms. The number of halogens is 2. The molecule has 4 rings (SSSR count). The van der Waals surface area contributed by atoms with Crippen molar-refractivity contribution in [3.63, 3.8) is 0 Å². The van der Waals surface area contributed by atoms with Crippen LogP contribution in [-0.4, -0.2) is 19.2 Å². The molecular weight excluding hydrogens is 329 g/mol. The lowest BCUT2D eigenvalue weighted by Gasteiger charge is -2.24. The van der Waals surface area contributed by atoms with Gasteiger partial charge in [-0.15, -0.1) is 0 Å². The Morgan fingerprint density at radius 2 is 2.09 bits per heavy atom. The summed E-state index contributed by atoms with van der Waals surface area (Å²) in [6.07, 6.45) is 2.33. The molecule has 0 aliphatic carbocycles. The smallest absolute Gasteiger partial charge is 0.126 e. The van der Waals surface area contributed by atoms with Crippen molar-refractivity contribution in [2.75, 3.05) is 13.1 Å². The van der Waals surface area contributed by atoms with Gasteiger partial charge in [0.05, 0.1) is 0 Å². The Hall–Kier alpha value is -1.22. The van der Waals surface area contributed by atoms with Crippen molar-refractivity contribution in [2.24, 2.45) is 0 Å². The van der Waals surface area contributed by atoms with Gasteiger partial charge in [-0.3, -0.25) is 0 Å². The fraction of sp³-hybridized carbons (Fsp3) is 0.368. The summed E-state index contributed by atoms with van der Waals surface area (Å²) in [5.41, 5.74) is 4.76. The first-order valence-electron chi connectivity index (χ1n) is 8.17. The first kappa shape index (κ1) is 15.3. The summed E-state index contributed by atoms with van der Waals surface area (Å²) >= 11 is 12.5. The molecule has 2 atom stereocenters. The maximum Gasteiger partial charge on any atom is 0.126 e. The molecule has 2 unspecified atom stereocenters. The lowest BCUT2D eigenvalue weighted by Crippen LogP contribution is -2.37. The molecule has 0 amide bonds. The van der Waals surface area contributed by atoms with Crippen LogP contribution in [0.2, 0.25) is 10.0 Å². The van der Waals surface area contributed by atoms with Gasteiger partial charge < -0.3 is 10.1 Å². The highest BCUT2D eigenvalue weighted by atomic mass is 35.5. The largest absolute Gasteiger partial charge is 0.489 e. The van der Waals surface area contributed by atoms with E-state index in [0.29, 0.717) is 22.1 Å². The normalized spacial score (nSPS) is 22.4. The van der Waals surface area contributed by atoms with Crippen molar-refractivity contribution >= 4 is 23.2 Å². The Balaban J connectivity index is 1.84. The molecule has 0 bridgehead atoms. The van der Waals surface area contributed by atoms with E-state index in [0.717, 1.165) is 42.8 Å². The molecule has 120 valence electrons. The standard InChI is InChI=1S/C19H19Cl2NO/c1-2-11-7-12(14-4-3-13(20)9-17(14)21)8-15-16-10-22-6-5-18(16)23-19(11)15/h3-4,7-9,16,18,22H,2,5-6,10H2,1H3. The molecule has 1 fully saturated rings. The topological polar surface area (TPSA) is 21.3 Å². The van der Waals surface area contributed by atoms with Crippen molar-refractivity contribution < 1.29 is 4.74 Å². The molecule has 2 heterocycles. The number of piperidine rings is 1. The zero-order valence-corrected chi connectivity index (χ0v) is 14.5. The van der Waals surface area contributed by atoms with Crippen molar-refractivity contribution in [1.29, 1.82) is 0 Å². The van der Waals surface area contributed by atoms with E-state index < -0.39 is 0 Å². The second kappa shape index (κ2) is 6.01. The monoisotopic (exact) mass is 347 g/mol. The third-order valence-electron chi connectivity index (χ3n) is 4.90. The number of hydrogen-bond donors (Lipinski definition) is 1. The van der Waals surface area contributed by atoms with Gasteiger partial charge in [0.2, 0.25) is 0 Å². The van der Waals surface area contributed by atoms with E-state index in [1.807, 2.05) is 12.1 Å². The predicted molar refractivity (Wildman–Crippen MR) is 95.9 cm³/mol. The molecule has 2 aromatic rings.